The number of amides is 1. The zero-order valence-electron chi connectivity index (χ0n) is 23.9. The second-order valence-electron chi connectivity index (χ2n) is 5.78. The second kappa shape index (κ2) is 10.7. The molecule has 0 unspecified atom stereocenters. The van der Waals surface area contributed by atoms with Gasteiger partial charge in [0, 0.05) is 24.1 Å². The minimum absolute atomic E-state index is 0.0347. The number of methoxy groups -OCH3 is 1. The smallest absolute Gasteiger partial charge is 0.247 e. The van der Waals surface area contributed by atoms with E-state index in [0.717, 1.165) is 12.3 Å². The Balaban J connectivity index is 1.72. The summed E-state index contributed by atoms with van der Waals surface area (Å²) in [5.41, 5.74) is 0.917. The number of ether oxygens (including phenoxy) is 2. The van der Waals surface area contributed by atoms with Crippen molar-refractivity contribution in [3.8, 4) is 5.75 Å². The largest absolute Gasteiger partial charge is 0.491 e. The van der Waals surface area contributed by atoms with Gasteiger partial charge in [0.2, 0.25) is 11.9 Å². The van der Waals surface area contributed by atoms with Crippen molar-refractivity contribution >= 4 is 34.7 Å². The van der Waals surface area contributed by atoms with Gasteiger partial charge in [0.25, 0.3) is 0 Å². The minimum atomic E-state index is -3.29. The average Bonchev–Trinajstić information content (AvgIpc) is 2.80. The number of halogens is 1. The molecule has 160 valence electrons. The number of benzene rings is 2. The Labute approximate surface area is 190 Å². The van der Waals surface area contributed by atoms with E-state index in [2.05, 4.69) is 37.2 Å². The maximum absolute atomic E-state index is 14.4. The van der Waals surface area contributed by atoms with Crippen LogP contribution in [0, 0.1) is 5.82 Å². The van der Waals surface area contributed by atoms with E-state index < -0.39 is 31.9 Å². The molecule has 0 spiro atoms. The zero-order valence-corrected chi connectivity index (χ0v) is 15.9. The van der Waals surface area contributed by atoms with Gasteiger partial charge in [-0.25, -0.2) is 9.37 Å². The van der Waals surface area contributed by atoms with Crippen LogP contribution < -0.4 is 20.7 Å². The van der Waals surface area contributed by atoms with Crippen LogP contribution in [-0.4, -0.2) is 36.0 Å². The molecule has 0 bridgehead atoms. The number of aromatic nitrogens is 2. The van der Waals surface area contributed by atoms with Crippen LogP contribution in [0.2, 0.25) is 0 Å². The average molecular weight is 431 g/mol. The monoisotopic (exact) mass is 431 g/mol. The van der Waals surface area contributed by atoms with Gasteiger partial charge in [0.1, 0.15) is 12.3 Å². The fourth-order valence-electron chi connectivity index (χ4n) is 2.30. The lowest BCUT2D eigenvalue weighted by Gasteiger charge is -2.11. The second-order valence-corrected chi connectivity index (χ2v) is 5.78. The summed E-state index contributed by atoms with van der Waals surface area (Å²) in [4.78, 5) is 19.5. The highest BCUT2D eigenvalue weighted by Crippen LogP contribution is 2.23. The van der Waals surface area contributed by atoms with Crippen molar-refractivity contribution in [2.75, 3.05) is 36.1 Å². The Morgan fingerprint density at radius 2 is 2.03 bits per heavy atom. The van der Waals surface area contributed by atoms with E-state index in [1.54, 1.807) is 0 Å². The standard InChI is InChI=1S/C22H22FN5O3/c1-3-20(29)25-16-5-4-6-17(13-16)26-21-19(23)14-24-22(28-21)27-15-7-9-18(10-8-15)31-12-11-30-2/h3-10,13-14H,1,11-12H2,2H3,(H,25,29)(H2,24,26,27,28)/i2D3,4D,11D2,12D2. The fraction of sp³-hybridized carbons (Fsp3) is 0.136. The summed E-state index contributed by atoms with van der Waals surface area (Å²) in [5.74, 6) is -1.69. The van der Waals surface area contributed by atoms with E-state index in [1.165, 1.54) is 42.5 Å². The molecule has 0 radical (unpaired) electrons. The van der Waals surface area contributed by atoms with Crippen LogP contribution in [0.25, 0.3) is 0 Å². The van der Waals surface area contributed by atoms with Crippen LogP contribution >= 0.6 is 0 Å². The van der Waals surface area contributed by atoms with Crippen molar-refractivity contribution in [1.29, 1.82) is 0 Å². The van der Waals surface area contributed by atoms with E-state index in [4.69, 9.17) is 15.7 Å². The van der Waals surface area contributed by atoms with Crippen molar-refractivity contribution in [3.63, 3.8) is 0 Å². The van der Waals surface area contributed by atoms with Gasteiger partial charge in [-0.05, 0) is 48.5 Å². The SMILES string of the molecule is [2H]c1cc(NC(=O)C=C)cc(Nc2nc(Nc3ccc(OC([2H])([2H])C([2H])([2H])OC([2H])([2H])[2H])cc3)ncc2F)c1. The first kappa shape index (κ1) is 13.3. The third-order valence-electron chi connectivity index (χ3n) is 3.62. The fourth-order valence-corrected chi connectivity index (χ4v) is 2.30. The summed E-state index contributed by atoms with van der Waals surface area (Å²) in [7, 11) is -3.19. The number of rotatable bonds is 10. The van der Waals surface area contributed by atoms with E-state index in [-0.39, 0.29) is 34.9 Å². The number of carbonyl (C=O) groups excluding carboxylic acids is 1. The Hall–Kier alpha value is -3.98. The predicted octanol–water partition coefficient (Wildman–Crippen LogP) is 4.25. The van der Waals surface area contributed by atoms with Crippen molar-refractivity contribution in [1.82, 2.24) is 9.97 Å². The predicted molar refractivity (Wildman–Crippen MR) is 118 cm³/mol. The Kier molecular flexibility index (Phi) is 4.61. The summed E-state index contributed by atoms with van der Waals surface area (Å²) in [6.45, 7) is -3.09. The first-order valence-corrected chi connectivity index (χ1v) is 8.68. The molecule has 3 rings (SSSR count). The molecule has 0 saturated heterocycles. The van der Waals surface area contributed by atoms with Crippen molar-refractivity contribution in [2.24, 2.45) is 0 Å². The van der Waals surface area contributed by atoms with Crippen LogP contribution in [0.15, 0.2) is 67.4 Å². The molecule has 3 N–H and O–H groups in total. The van der Waals surface area contributed by atoms with Gasteiger partial charge in [0.05, 0.1) is 23.7 Å². The molecule has 9 heteroatoms. The Morgan fingerprint density at radius 1 is 1.23 bits per heavy atom. The third kappa shape index (κ3) is 6.51. The maximum atomic E-state index is 14.4. The van der Waals surface area contributed by atoms with Crippen LogP contribution in [0.4, 0.5) is 33.2 Å². The highest BCUT2D eigenvalue weighted by Gasteiger charge is 2.09. The van der Waals surface area contributed by atoms with E-state index in [9.17, 15) is 9.18 Å². The molecule has 1 aromatic heterocycles. The van der Waals surface area contributed by atoms with Crippen LogP contribution in [0.3, 0.4) is 0 Å². The number of anilines is 5. The van der Waals surface area contributed by atoms with E-state index in [0.29, 0.717) is 5.69 Å². The highest BCUT2D eigenvalue weighted by molar-refractivity contribution is 5.99. The van der Waals surface area contributed by atoms with Crippen LogP contribution in [0.1, 0.15) is 11.0 Å². The Bertz CT molecular complexity index is 1360. The number of carbonyl (C=O) groups is 1. The first-order valence-electron chi connectivity index (χ1n) is 12.7. The number of nitrogens with zero attached hydrogens (tertiary/aromatic N) is 2. The van der Waals surface area contributed by atoms with Crippen molar-refractivity contribution in [2.45, 2.75) is 0 Å². The zero-order chi connectivity index (χ0) is 29.0. The van der Waals surface area contributed by atoms with Gasteiger partial charge in [-0.15, -0.1) is 0 Å². The van der Waals surface area contributed by atoms with Gasteiger partial charge < -0.3 is 25.4 Å². The van der Waals surface area contributed by atoms with Gasteiger partial charge in [-0.2, -0.15) is 4.98 Å². The molecule has 31 heavy (non-hydrogen) atoms. The summed E-state index contributed by atoms with van der Waals surface area (Å²) in [5, 5.41) is 8.04. The molecule has 8 nitrogen and oxygen atoms in total. The van der Waals surface area contributed by atoms with E-state index >= 15 is 0 Å². The lowest BCUT2D eigenvalue weighted by atomic mass is 10.2. The third-order valence-corrected chi connectivity index (χ3v) is 3.62. The summed E-state index contributed by atoms with van der Waals surface area (Å²) in [6, 6.07) is 9.64. The molecule has 2 aromatic carbocycles. The molecular weight excluding hydrogens is 401 g/mol. The molecule has 1 heterocycles. The highest BCUT2D eigenvalue weighted by atomic mass is 19.1. The first-order chi connectivity index (χ1) is 18.1. The molecule has 0 aliphatic heterocycles. The van der Waals surface area contributed by atoms with Crippen molar-refractivity contribution in [3.05, 3.63) is 73.2 Å². The van der Waals surface area contributed by atoms with Crippen LogP contribution in [-0.2, 0) is 9.53 Å². The van der Waals surface area contributed by atoms with E-state index in [1.807, 2.05) is 0 Å². The molecule has 0 aliphatic carbocycles. The topological polar surface area (TPSA) is 97.4 Å². The maximum Gasteiger partial charge on any atom is 0.247 e. The van der Waals surface area contributed by atoms with Gasteiger partial charge >= 0.3 is 0 Å². The van der Waals surface area contributed by atoms with Crippen LogP contribution in [0.5, 0.6) is 5.75 Å². The number of hydrogen-bond donors (Lipinski definition) is 3. The molecule has 0 fully saturated rings. The summed E-state index contributed by atoms with van der Waals surface area (Å²) >= 11 is 0. The number of nitrogens with one attached hydrogen (secondary N) is 3. The molecular formula is C22H22FN5O3. The van der Waals surface area contributed by atoms with Crippen molar-refractivity contribution < 1.29 is 29.6 Å². The molecule has 3 aromatic rings. The molecule has 0 aliphatic rings. The number of hydrogen-bond acceptors (Lipinski definition) is 7. The summed E-state index contributed by atoms with van der Waals surface area (Å²) in [6.07, 6.45) is 1.97. The Morgan fingerprint density at radius 3 is 2.81 bits per heavy atom. The molecule has 1 amide bonds. The molecule has 0 atom stereocenters. The van der Waals surface area contributed by atoms with Gasteiger partial charge in [0.15, 0.2) is 11.6 Å². The normalized spacial score (nSPS) is 15.4. The lowest BCUT2D eigenvalue weighted by molar-refractivity contribution is -0.111. The lowest BCUT2D eigenvalue weighted by Crippen LogP contribution is -2.07. The van der Waals surface area contributed by atoms with Gasteiger partial charge in [-0.3, -0.25) is 4.79 Å². The van der Waals surface area contributed by atoms with Gasteiger partial charge in [-0.1, -0.05) is 12.6 Å². The molecule has 0 saturated carbocycles. The quantitative estimate of drug-likeness (QED) is 0.413. The minimum Gasteiger partial charge on any atom is -0.491 e. The summed E-state index contributed by atoms with van der Waals surface area (Å²) < 4.78 is 83.2.